The highest BCUT2D eigenvalue weighted by Crippen LogP contribution is 2.31. The zero-order chi connectivity index (χ0) is 22.7. The van der Waals surface area contributed by atoms with E-state index in [1.165, 1.54) is 0 Å². The summed E-state index contributed by atoms with van der Waals surface area (Å²) in [5.74, 6) is -0.273. The number of nitrogens with zero attached hydrogens (tertiary/aromatic N) is 4. The fourth-order valence-corrected chi connectivity index (χ4v) is 4.46. The molecule has 0 unspecified atom stereocenters. The summed E-state index contributed by atoms with van der Waals surface area (Å²) < 4.78 is 1.79. The maximum absolute atomic E-state index is 13.1. The number of fused-ring (bicyclic) bond motifs is 1. The Morgan fingerprint density at radius 3 is 2.72 bits per heavy atom. The Bertz CT molecular complexity index is 1140. The predicted molar refractivity (Wildman–Crippen MR) is 126 cm³/mol. The van der Waals surface area contributed by atoms with Crippen LogP contribution in [-0.2, 0) is 13.1 Å². The summed E-state index contributed by atoms with van der Waals surface area (Å²) >= 11 is 12.3. The Hall–Kier alpha value is -2.71. The Kier molecular flexibility index (Phi) is 6.91. The summed E-state index contributed by atoms with van der Waals surface area (Å²) in [5.41, 5.74) is 2.58. The van der Waals surface area contributed by atoms with Crippen molar-refractivity contribution in [2.24, 2.45) is 5.18 Å². The highest BCUT2D eigenvalue weighted by molar-refractivity contribution is 6.42. The van der Waals surface area contributed by atoms with E-state index in [0.29, 0.717) is 33.5 Å². The van der Waals surface area contributed by atoms with E-state index in [0.717, 1.165) is 36.6 Å². The third kappa shape index (κ3) is 4.56. The van der Waals surface area contributed by atoms with Crippen molar-refractivity contribution in [1.82, 2.24) is 20.1 Å². The molecular formula is C22H24Cl2N6O2. The van der Waals surface area contributed by atoms with Gasteiger partial charge in [0.2, 0.25) is 0 Å². The van der Waals surface area contributed by atoms with Crippen molar-refractivity contribution in [2.45, 2.75) is 57.8 Å². The van der Waals surface area contributed by atoms with Crippen molar-refractivity contribution in [3.63, 3.8) is 0 Å². The van der Waals surface area contributed by atoms with Crippen molar-refractivity contribution >= 4 is 45.8 Å². The van der Waals surface area contributed by atoms with Crippen molar-refractivity contribution in [3.05, 3.63) is 56.7 Å². The molecule has 0 radical (unpaired) electrons. The average molecular weight is 475 g/mol. The second-order valence-corrected chi connectivity index (χ2v) is 8.68. The number of aromatic nitrogens is 3. The molecule has 3 aromatic rings. The molecule has 0 aliphatic heterocycles. The molecule has 0 bridgehead atoms. The number of hydrogen-bond donors (Lipinski definition) is 2. The lowest BCUT2D eigenvalue weighted by molar-refractivity contribution is 0.0951. The van der Waals surface area contributed by atoms with Crippen LogP contribution in [0.25, 0.3) is 11.0 Å². The van der Waals surface area contributed by atoms with Crippen molar-refractivity contribution < 1.29 is 4.79 Å². The fraction of sp³-hybridized carbons (Fsp3) is 0.409. The van der Waals surface area contributed by atoms with Crippen LogP contribution in [0.2, 0.25) is 10.0 Å². The highest BCUT2D eigenvalue weighted by atomic mass is 35.5. The molecule has 2 N–H and O–H groups in total. The average Bonchev–Trinajstić information content (AvgIpc) is 3.24. The first kappa shape index (κ1) is 22.5. The minimum Gasteiger partial charge on any atom is -0.381 e. The molecule has 0 spiro atoms. The normalized spacial score (nSPS) is 18.5. The maximum atomic E-state index is 13.1. The second kappa shape index (κ2) is 9.83. The lowest BCUT2D eigenvalue weighted by atomic mass is 9.91. The number of amides is 1. The van der Waals surface area contributed by atoms with Crippen LogP contribution in [0.5, 0.6) is 0 Å². The number of anilines is 1. The van der Waals surface area contributed by atoms with Gasteiger partial charge < -0.3 is 10.6 Å². The lowest BCUT2D eigenvalue weighted by Gasteiger charge is -2.27. The van der Waals surface area contributed by atoms with Crippen LogP contribution in [0.1, 0.15) is 48.5 Å². The number of nitrogens with one attached hydrogen (secondary N) is 2. The van der Waals surface area contributed by atoms with Gasteiger partial charge in [-0.3, -0.25) is 4.79 Å². The molecule has 0 atom stereocenters. The van der Waals surface area contributed by atoms with Crippen LogP contribution in [0.15, 0.2) is 35.8 Å². The van der Waals surface area contributed by atoms with Gasteiger partial charge in [-0.05, 0) is 44.2 Å². The molecule has 1 aromatic carbocycles. The first-order chi connectivity index (χ1) is 15.5. The van der Waals surface area contributed by atoms with Gasteiger partial charge in [0, 0.05) is 25.3 Å². The van der Waals surface area contributed by atoms with Gasteiger partial charge in [-0.2, -0.15) is 10.0 Å². The lowest BCUT2D eigenvalue weighted by Crippen LogP contribution is -2.30. The molecule has 1 aliphatic rings. The van der Waals surface area contributed by atoms with Gasteiger partial charge >= 0.3 is 0 Å². The van der Waals surface area contributed by atoms with Crippen molar-refractivity contribution in [1.29, 1.82) is 0 Å². The Balaban J connectivity index is 1.61. The quantitative estimate of drug-likeness (QED) is 0.459. The predicted octanol–water partition coefficient (Wildman–Crippen LogP) is 5.18. The third-order valence-electron chi connectivity index (χ3n) is 5.88. The van der Waals surface area contributed by atoms with E-state index in [1.807, 2.05) is 13.0 Å². The molecule has 1 fully saturated rings. The van der Waals surface area contributed by atoms with Crippen LogP contribution < -0.4 is 10.6 Å². The van der Waals surface area contributed by atoms with Crippen LogP contribution in [0.4, 0.5) is 5.69 Å². The van der Waals surface area contributed by atoms with E-state index in [2.05, 4.69) is 25.9 Å². The number of carbonyl (C=O) groups is 1. The molecule has 1 aliphatic carbocycles. The third-order valence-corrected chi connectivity index (χ3v) is 6.73. The number of hydrogen-bond acceptors (Lipinski definition) is 6. The van der Waals surface area contributed by atoms with Crippen molar-refractivity contribution in [2.75, 3.05) is 5.32 Å². The Morgan fingerprint density at radius 1 is 1.22 bits per heavy atom. The highest BCUT2D eigenvalue weighted by Gasteiger charge is 2.25. The Morgan fingerprint density at radius 2 is 2.00 bits per heavy atom. The number of nitroso groups, excluding NO2 is 1. The number of aryl methyl sites for hydroxylation is 1. The Labute approximate surface area is 195 Å². The summed E-state index contributed by atoms with van der Waals surface area (Å²) in [7, 11) is 0. The van der Waals surface area contributed by atoms with E-state index in [9.17, 15) is 9.70 Å². The number of halogens is 2. The molecule has 4 rings (SSSR count). The molecule has 1 amide bonds. The summed E-state index contributed by atoms with van der Waals surface area (Å²) in [4.78, 5) is 28.5. The van der Waals surface area contributed by atoms with Crippen LogP contribution >= 0.6 is 23.2 Å². The molecule has 2 aromatic heterocycles. The minimum absolute atomic E-state index is 0.126. The number of benzene rings is 1. The molecule has 168 valence electrons. The van der Waals surface area contributed by atoms with Gasteiger partial charge in [-0.15, -0.1) is 0 Å². The molecule has 32 heavy (non-hydrogen) atoms. The molecule has 8 nitrogen and oxygen atoms in total. The van der Waals surface area contributed by atoms with E-state index in [-0.39, 0.29) is 24.5 Å². The monoisotopic (exact) mass is 474 g/mol. The second-order valence-electron chi connectivity index (χ2n) is 7.90. The fourth-order valence-electron chi connectivity index (χ4n) is 4.07. The SMILES string of the molecule is CCn1ncc2c(NC3CCC(N=O)CC3)c(C(=O)NCc3cccc(Cl)c3Cl)cnc21. The smallest absolute Gasteiger partial charge is 0.255 e. The molecular weight excluding hydrogens is 451 g/mol. The summed E-state index contributed by atoms with van der Waals surface area (Å²) in [6, 6.07) is 5.32. The number of pyridine rings is 1. The van der Waals surface area contributed by atoms with Crippen LogP contribution in [-0.4, -0.2) is 32.8 Å². The minimum atomic E-state index is -0.273. The standard InChI is InChI=1S/C22H24Cl2N6O2/c1-2-30-21-16(12-27-30)20(28-14-6-8-15(29-32)9-7-14)17(11-25-21)22(31)26-10-13-4-3-5-18(23)19(13)24/h3-5,11-12,14-15H,2,6-10H2,1H3,(H,25,28)(H,26,31). The molecule has 1 saturated carbocycles. The van der Waals surface area contributed by atoms with E-state index in [1.54, 1.807) is 29.2 Å². The van der Waals surface area contributed by atoms with E-state index < -0.39 is 0 Å². The van der Waals surface area contributed by atoms with Crippen LogP contribution in [0, 0.1) is 4.91 Å². The van der Waals surface area contributed by atoms with E-state index >= 15 is 0 Å². The topological polar surface area (TPSA) is 101 Å². The van der Waals surface area contributed by atoms with Gasteiger partial charge in [0.1, 0.15) is 0 Å². The number of rotatable bonds is 7. The van der Waals surface area contributed by atoms with Gasteiger partial charge in [0.15, 0.2) is 5.65 Å². The molecule has 10 heteroatoms. The zero-order valence-corrected chi connectivity index (χ0v) is 19.2. The molecule has 0 saturated heterocycles. The zero-order valence-electron chi connectivity index (χ0n) is 17.6. The maximum Gasteiger partial charge on any atom is 0.255 e. The summed E-state index contributed by atoms with van der Waals surface area (Å²) in [5, 5.41) is 15.7. The van der Waals surface area contributed by atoms with Crippen LogP contribution in [0.3, 0.4) is 0 Å². The largest absolute Gasteiger partial charge is 0.381 e. The van der Waals surface area contributed by atoms with E-state index in [4.69, 9.17) is 23.2 Å². The number of carbonyl (C=O) groups excluding carboxylic acids is 1. The van der Waals surface area contributed by atoms with Gasteiger partial charge in [0.05, 0.1) is 38.9 Å². The van der Waals surface area contributed by atoms with Crippen molar-refractivity contribution in [3.8, 4) is 0 Å². The first-order valence-electron chi connectivity index (χ1n) is 10.7. The van der Waals surface area contributed by atoms with Gasteiger partial charge in [-0.1, -0.05) is 40.5 Å². The summed E-state index contributed by atoms with van der Waals surface area (Å²) in [6.45, 7) is 2.90. The van der Waals surface area contributed by atoms with Gasteiger partial charge in [0.25, 0.3) is 5.91 Å². The molecule has 2 heterocycles. The van der Waals surface area contributed by atoms with Gasteiger partial charge in [-0.25, -0.2) is 9.67 Å². The summed E-state index contributed by atoms with van der Waals surface area (Å²) in [6.07, 6.45) is 6.39. The first-order valence-corrected chi connectivity index (χ1v) is 11.4.